The van der Waals surface area contributed by atoms with Crippen LogP contribution in [-0.2, 0) is 4.74 Å². The molecule has 1 aliphatic heterocycles. The minimum Gasteiger partial charge on any atom is -1.00 e. The standard InChI is InChI=1S/C12H26NO.HI/c1-5-8-13(9-6-2,10-7-3)12-11(4)14-12;/h11-12H,5-10H2,1-4H3;1H/q+1;/p-1. The maximum absolute atomic E-state index is 5.71. The second-order valence-electron chi connectivity index (χ2n) is 4.62. The second kappa shape index (κ2) is 7.07. The van der Waals surface area contributed by atoms with E-state index in [1.54, 1.807) is 0 Å². The fourth-order valence-corrected chi connectivity index (χ4v) is 2.80. The smallest absolute Gasteiger partial charge is 0.220 e. The lowest BCUT2D eigenvalue weighted by atomic mass is 10.2. The zero-order valence-corrected chi connectivity index (χ0v) is 12.8. The van der Waals surface area contributed by atoms with Gasteiger partial charge in [-0.05, 0) is 26.2 Å². The highest BCUT2D eigenvalue weighted by Crippen LogP contribution is 2.33. The minimum atomic E-state index is 0. The molecule has 0 aromatic carbocycles. The molecular weight excluding hydrogens is 301 g/mol. The summed E-state index contributed by atoms with van der Waals surface area (Å²) in [5, 5.41) is 0. The van der Waals surface area contributed by atoms with Crippen molar-refractivity contribution in [3.63, 3.8) is 0 Å². The van der Waals surface area contributed by atoms with Crippen molar-refractivity contribution >= 4 is 0 Å². The maximum Gasteiger partial charge on any atom is 0.220 e. The normalized spacial score (nSPS) is 24.8. The molecule has 0 saturated carbocycles. The maximum atomic E-state index is 5.71. The minimum absolute atomic E-state index is 0. The third kappa shape index (κ3) is 3.86. The Bertz CT molecular complexity index is 158. The third-order valence-corrected chi connectivity index (χ3v) is 3.23. The Morgan fingerprint density at radius 3 is 1.47 bits per heavy atom. The van der Waals surface area contributed by atoms with Crippen LogP contribution in [0.15, 0.2) is 0 Å². The summed E-state index contributed by atoms with van der Waals surface area (Å²) in [5.41, 5.74) is 0. The summed E-state index contributed by atoms with van der Waals surface area (Å²) in [4.78, 5) is 0. The van der Waals surface area contributed by atoms with Crippen LogP contribution in [0.3, 0.4) is 0 Å². The molecule has 15 heavy (non-hydrogen) atoms. The van der Waals surface area contributed by atoms with Crippen LogP contribution in [0.5, 0.6) is 0 Å². The van der Waals surface area contributed by atoms with Crippen LogP contribution in [0.1, 0.15) is 47.0 Å². The molecule has 1 fully saturated rings. The van der Waals surface area contributed by atoms with Gasteiger partial charge in [0.15, 0.2) is 0 Å². The molecule has 1 heterocycles. The predicted octanol–water partition coefficient (Wildman–Crippen LogP) is -0.218. The lowest BCUT2D eigenvalue weighted by molar-refractivity contribution is -0.948. The Hall–Kier alpha value is 0.650. The number of nitrogens with zero attached hydrogens (tertiary/aromatic N) is 1. The van der Waals surface area contributed by atoms with Gasteiger partial charge in [-0.3, -0.25) is 4.48 Å². The van der Waals surface area contributed by atoms with Gasteiger partial charge >= 0.3 is 0 Å². The van der Waals surface area contributed by atoms with Gasteiger partial charge in [-0.15, -0.1) is 0 Å². The summed E-state index contributed by atoms with van der Waals surface area (Å²) in [7, 11) is 0. The molecule has 2 unspecified atom stereocenters. The fraction of sp³-hybridized carbons (Fsp3) is 1.00. The molecular formula is C12H26INO. The zero-order valence-electron chi connectivity index (χ0n) is 10.6. The first-order chi connectivity index (χ1) is 6.70. The van der Waals surface area contributed by atoms with Crippen molar-refractivity contribution < 1.29 is 33.2 Å². The zero-order chi connectivity index (χ0) is 10.6. The quantitative estimate of drug-likeness (QED) is 0.358. The predicted molar refractivity (Wildman–Crippen MR) is 60.1 cm³/mol. The van der Waals surface area contributed by atoms with Crippen molar-refractivity contribution in [3.05, 3.63) is 0 Å². The highest BCUT2D eigenvalue weighted by atomic mass is 127. The van der Waals surface area contributed by atoms with Crippen LogP contribution in [-0.4, -0.2) is 36.4 Å². The van der Waals surface area contributed by atoms with E-state index >= 15 is 0 Å². The molecule has 2 nitrogen and oxygen atoms in total. The molecule has 92 valence electrons. The summed E-state index contributed by atoms with van der Waals surface area (Å²) in [6.45, 7) is 12.9. The Labute approximate surface area is 112 Å². The van der Waals surface area contributed by atoms with E-state index in [0.29, 0.717) is 12.3 Å². The molecule has 2 atom stereocenters. The van der Waals surface area contributed by atoms with E-state index in [4.69, 9.17) is 4.74 Å². The Balaban J connectivity index is 0.00000196. The first kappa shape index (κ1) is 15.7. The van der Waals surface area contributed by atoms with Gasteiger partial charge in [0.25, 0.3) is 0 Å². The van der Waals surface area contributed by atoms with E-state index in [0.717, 1.165) is 0 Å². The van der Waals surface area contributed by atoms with E-state index in [9.17, 15) is 0 Å². The molecule has 0 aromatic heterocycles. The topological polar surface area (TPSA) is 12.5 Å². The second-order valence-corrected chi connectivity index (χ2v) is 4.62. The largest absolute Gasteiger partial charge is 1.00 e. The molecule has 1 rings (SSSR count). The lowest BCUT2D eigenvalue weighted by Gasteiger charge is -2.37. The molecule has 0 spiro atoms. The SMILES string of the molecule is CCC[N+](CCC)(CCC)C1OC1C.[I-]. The van der Waals surface area contributed by atoms with Crippen LogP contribution in [0.25, 0.3) is 0 Å². The molecule has 0 amide bonds. The lowest BCUT2D eigenvalue weighted by Crippen LogP contribution is -3.00. The average Bonchev–Trinajstić information content (AvgIpc) is 2.84. The number of hydrogen-bond acceptors (Lipinski definition) is 1. The summed E-state index contributed by atoms with van der Waals surface area (Å²) >= 11 is 0. The van der Waals surface area contributed by atoms with Gasteiger partial charge in [-0.25, -0.2) is 0 Å². The van der Waals surface area contributed by atoms with E-state index in [1.807, 2.05) is 0 Å². The highest BCUT2D eigenvalue weighted by Gasteiger charge is 2.51. The molecule has 0 N–H and O–H groups in total. The van der Waals surface area contributed by atoms with Gasteiger partial charge in [-0.1, -0.05) is 20.8 Å². The number of quaternary nitrogens is 1. The van der Waals surface area contributed by atoms with Gasteiger partial charge in [0.05, 0.1) is 19.6 Å². The number of halogens is 1. The van der Waals surface area contributed by atoms with Crippen LogP contribution < -0.4 is 24.0 Å². The number of rotatable bonds is 7. The molecule has 0 aliphatic carbocycles. The molecule has 0 aromatic rings. The Morgan fingerprint density at radius 1 is 0.933 bits per heavy atom. The van der Waals surface area contributed by atoms with Gasteiger partial charge in [-0.2, -0.15) is 0 Å². The van der Waals surface area contributed by atoms with Crippen LogP contribution in [0.4, 0.5) is 0 Å². The number of hydrogen-bond donors (Lipinski definition) is 0. The van der Waals surface area contributed by atoms with E-state index in [-0.39, 0.29) is 24.0 Å². The molecule has 0 radical (unpaired) electrons. The summed E-state index contributed by atoms with van der Waals surface area (Å²) in [5.74, 6) is 0. The first-order valence-electron chi connectivity index (χ1n) is 6.21. The monoisotopic (exact) mass is 327 g/mol. The van der Waals surface area contributed by atoms with Gasteiger partial charge < -0.3 is 28.7 Å². The number of ether oxygens (including phenoxy) is 1. The molecule has 0 bridgehead atoms. The van der Waals surface area contributed by atoms with Crippen molar-refractivity contribution in [1.82, 2.24) is 0 Å². The van der Waals surface area contributed by atoms with E-state index < -0.39 is 0 Å². The summed E-state index contributed by atoms with van der Waals surface area (Å²) < 4.78 is 6.93. The van der Waals surface area contributed by atoms with E-state index in [2.05, 4.69) is 27.7 Å². The van der Waals surface area contributed by atoms with Crippen molar-refractivity contribution in [1.29, 1.82) is 0 Å². The molecule has 1 saturated heterocycles. The Morgan fingerprint density at radius 2 is 1.27 bits per heavy atom. The van der Waals surface area contributed by atoms with Crippen molar-refractivity contribution in [2.45, 2.75) is 59.3 Å². The summed E-state index contributed by atoms with van der Waals surface area (Å²) in [6.07, 6.45) is 4.82. The van der Waals surface area contributed by atoms with Gasteiger partial charge in [0.2, 0.25) is 6.23 Å². The molecule has 1 aliphatic rings. The average molecular weight is 327 g/mol. The first-order valence-corrected chi connectivity index (χ1v) is 6.21. The van der Waals surface area contributed by atoms with E-state index in [1.165, 1.54) is 43.4 Å². The highest BCUT2D eigenvalue weighted by molar-refractivity contribution is 4.73. The van der Waals surface area contributed by atoms with Crippen molar-refractivity contribution in [2.75, 3.05) is 19.6 Å². The van der Waals surface area contributed by atoms with Gasteiger partial charge in [0.1, 0.15) is 6.10 Å². The third-order valence-electron chi connectivity index (χ3n) is 3.23. The van der Waals surface area contributed by atoms with Gasteiger partial charge in [0, 0.05) is 0 Å². The number of epoxide rings is 1. The van der Waals surface area contributed by atoms with Crippen molar-refractivity contribution in [2.24, 2.45) is 0 Å². The van der Waals surface area contributed by atoms with Crippen LogP contribution in [0.2, 0.25) is 0 Å². The summed E-state index contributed by atoms with van der Waals surface area (Å²) in [6, 6.07) is 0. The van der Waals surface area contributed by atoms with Crippen LogP contribution >= 0.6 is 0 Å². The Kier molecular flexibility index (Phi) is 7.38. The van der Waals surface area contributed by atoms with Crippen molar-refractivity contribution in [3.8, 4) is 0 Å². The molecule has 3 heteroatoms. The fourth-order valence-electron chi connectivity index (χ4n) is 2.80. The van der Waals surface area contributed by atoms with Crippen LogP contribution in [0, 0.1) is 0 Å².